The van der Waals surface area contributed by atoms with Gasteiger partial charge in [-0.15, -0.1) is 0 Å². The van der Waals surface area contributed by atoms with E-state index < -0.39 is 0 Å². The van der Waals surface area contributed by atoms with Gasteiger partial charge in [0.05, 0.1) is 0 Å². The predicted molar refractivity (Wildman–Crippen MR) is 80.7 cm³/mol. The maximum atomic E-state index is 5.44. The summed E-state index contributed by atoms with van der Waals surface area (Å²) in [5.74, 6) is 1.72. The molecule has 0 aromatic heterocycles. The Bertz CT molecular complexity index is 464. The number of rotatable bonds is 4. The molecule has 1 atom stereocenters. The molecule has 2 heterocycles. The first-order chi connectivity index (χ1) is 9.74. The second kappa shape index (κ2) is 5.92. The van der Waals surface area contributed by atoms with Gasteiger partial charge in [-0.25, -0.2) is 0 Å². The van der Waals surface area contributed by atoms with Crippen molar-refractivity contribution in [3.63, 3.8) is 0 Å². The summed E-state index contributed by atoms with van der Waals surface area (Å²) in [6.07, 6.45) is 5.29. The number of likely N-dealkylation sites (tertiary alicyclic amines) is 1. The van der Waals surface area contributed by atoms with Crippen molar-refractivity contribution in [1.29, 1.82) is 0 Å². The van der Waals surface area contributed by atoms with Crippen molar-refractivity contribution in [3.05, 3.63) is 18.2 Å². The van der Waals surface area contributed by atoms with Crippen LogP contribution in [0.3, 0.4) is 0 Å². The molecule has 0 N–H and O–H groups in total. The van der Waals surface area contributed by atoms with E-state index in [1.165, 1.54) is 37.9 Å². The summed E-state index contributed by atoms with van der Waals surface area (Å²) < 4.78 is 10.8. The van der Waals surface area contributed by atoms with Crippen molar-refractivity contribution in [3.8, 4) is 11.5 Å². The van der Waals surface area contributed by atoms with E-state index in [2.05, 4.69) is 36.0 Å². The zero-order valence-electron chi connectivity index (χ0n) is 12.5. The van der Waals surface area contributed by atoms with Crippen LogP contribution in [-0.4, -0.2) is 44.9 Å². The Kier molecular flexibility index (Phi) is 4.01. The summed E-state index contributed by atoms with van der Waals surface area (Å²) >= 11 is 0. The van der Waals surface area contributed by atoms with E-state index >= 15 is 0 Å². The highest BCUT2D eigenvalue weighted by atomic mass is 16.7. The molecule has 0 amide bonds. The molecule has 2 aliphatic heterocycles. The van der Waals surface area contributed by atoms with Crippen LogP contribution >= 0.6 is 0 Å². The lowest BCUT2D eigenvalue weighted by Crippen LogP contribution is -2.38. The highest BCUT2D eigenvalue weighted by Gasteiger charge is 2.19. The van der Waals surface area contributed by atoms with Crippen LogP contribution in [0, 0.1) is 0 Å². The third-order valence-electron chi connectivity index (χ3n) is 4.52. The smallest absolute Gasteiger partial charge is 0.231 e. The maximum Gasteiger partial charge on any atom is 0.231 e. The topological polar surface area (TPSA) is 24.9 Å². The van der Waals surface area contributed by atoms with Crippen molar-refractivity contribution in [2.75, 3.05) is 38.9 Å². The van der Waals surface area contributed by atoms with E-state index in [4.69, 9.17) is 9.47 Å². The Labute approximate surface area is 121 Å². The number of anilines is 1. The van der Waals surface area contributed by atoms with Crippen LogP contribution in [0.4, 0.5) is 5.69 Å². The molecular formula is C16H24N2O2. The van der Waals surface area contributed by atoms with Gasteiger partial charge in [0.2, 0.25) is 6.79 Å². The van der Waals surface area contributed by atoms with Crippen LogP contribution in [0.15, 0.2) is 18.2 Å². The number of piperidine rings is 1. The minimum atomic E-state index is 0.343. The molecule has 0 spiro atoms. The van der Waals surface area contributed by atoms with Gasteiger partial charge in [-0.1, -0.05) is 6.42 Å². The Morgan fingerprint density at radius 2 is 2.10 bits per heavy atom. The highest BCUT2D eigenvalue weighted by molar-refractivity contribution is 5.56. The van der Waals surface area contributed by atoms with E-state index in [9.17, 15) is 0 Å². The quantitative estimate of drug-likeness (QED) is 0.844. The molecule has 1 unspecified atom stereocenters. The first-order valence-electron chi connectivity index (χ1n) is 7.55. The van der Waals surface area contributed by atoms with E-state index in [1.54, 1.807) is 0 Å². The van der Waals surface area contributed by atoms with Crippen LogP contribution in [0.5, 0.6) is 11.5 Å². The molecule has 1 fully saturated rings. The van der Waals surface area contributed by atoms with Crippen LogP contribution in [0.2, 0.25) is 0 Å². The first kappa shape index (κ1) is 13.6. The second-order valence-electron chi connectivity index (χ2n) is 5.88. The van der Waals surface area contributed by atoms with E-state index in [-0.39, 0.29) is 0 Å². The largest absolute Gasteiger partial charge is 0.454 e. The number of ether oxygens (including phenoxy) is 2. The molecule has 4 nitrogen and oxygen atoms in total. The lowest BCUT2D eigenvalue weighted by Gasteiger charge is -2.33. The van der Waals surface area contributed by atoms with Crippen molar-refractivity contribution in [1.82, 2.24) is 4.90 Å². The fourth-order valence-electron chi connectivity index (χ4n) is 3.10. The maximum absolute atomic E-state index is 5.44. The monoisotopic (exact) mass is 276 g/mol. The van der Waals surface area contributed by atoms with Crippen LogP contribution in [0.1, 0.15) is 25.7 Å². The highest BCUT2D eigenvalue weighted by Crippen LogP contribution is 2.35. The van der Waals surface area contributed by atoms with Crippen LogP contribution in [-0.2, 0) is 0 Å². The lowest BCUT2D eigenvalue weighted by molar-refractivity contribution is 0.174. The number of nitrogens with zero attached hydrogens (tertiary/aromatic N) is 2. The molecule has 20 heavy (non-hydrogen) atoms. The summed E-state index contributed by atoms with van der Waals surface area (Å²) in [4.78, 5) is 4.82. The van der Waals surface area contributed by atoms with Crippen molar-refractivity contribution in [2.45, 2.75) is 31.7 Å². The molecule has 3 rings (SSSR count). The molecule has 110 valence electrons. The standard InChI is InChI=1S/C16H24N2O2/c1-17-9-4-3-5-13(17)8-10-18(2)14-6-7-15-16(11-14)20-12-19-15/h6-7,11,13H,3-5,8-10,12H2,1-2H3. The molecule has 1 aromatic rings. The SMILES string of the molecule is CN(CCC1CCCCN1C)c1ccc2c(c1)OCO2. The number of hydrogen-bond acceptors (Lipinski definition) is 4. The van der Waals surface area contributed by atoms with Gasteiger partial charge >= 0.3 is 0 Å². The number of hydrogen-bond donors (Lipinski definition) is 0. The minimum Gasteiger partial charge on any atom is -0.454 e. The van der Waals surface area contributed by atoms with Crippen molar-refractivity contribution >= 4 is 5.69 Å². The van der Waals surface area contributed by atoms with Gasteiger partial charge in [-0.2, -0.15) is 0 Å². The summed E-state index contributed by atoms with van der Waals surface area (Å²) in [6, 6.07) is 6.92. The Balaban J connectivity index is 1.57. The van der Waals surface area contributed by atoms with Crippen LogP contribution in [0.25, 0.3) is 0 Å². The molecular weight excluding hydrogens is 252 g/mol. The second-order valence-corrected chi connectivity index (χ2v) is 5.88. The normalized spacial score (nSPS) is 22.0. The van der Waals surface area contributed by atoms with Gasteiger partial charge in [0.25, 0.3) is 0 Å². The Hall–Kier alpha value is -1.42. The average Bonchev–Trinajstić information content (AvgIpc) is 2.93. The van der Waals surface area contributed by atoms with E-state index in [0.717, 1.165) is 24.1 Å². The number of fused-ring (bicyclic) bond motifs is 1. The van der Waals surface area contributed by atoms with Gasteiger partial charge in [0, 0.05) is 31.4 Å². The summed E-state index contributed by atoms with van der Waals surface area (Å²) in [5, 5.41) is 0. The minimum absolute atomic E-state index is 0.343. The van der Waals surface area contributed by atoms with Crippen molar-refractivity contribution < 1.29 is 9.47 Å². The average molecular weight is 276 g/mol. The molecule has 0 aliphatic carbocycles. The molecule has 1 saturated heterocycles. The molecule has 4 heteroatoms. The molecule has 0 bridgehead atoms. The zero-order chi connectivity index (χ0) is 13.9. The molecule has 1 aromatic carbocycles. The molecule has 0 saturated carbocycles. The zero-order valence-corrected chi connectivity index (χ0v) is 12.5. The van der Waals surface area contributed by atoms with Crippen molar-refractivity contribution in [2.24, 2.45) is 0 Å². The fourth-order valence-corrected chi connectivity index (χ4v) is 3.10. The Morgan fingerprint density at radius 1 is 1.25 bits per heavy atom. The van der Waals surface area contributed by atoms with Gasteiger partial charge in [0.15, 0.2) is 11.5 Å². The summed E-state index contributed by atoms with van der Waals surface area (Å²) in [6.45, 7) is 2.67. The fraction of sp³-hybridized carbons (Fsp3) is 0.625. The van der Waals surface area contributed by atoms with Gasteiger partial charge in [0.1, 0.15) is 0 Å². The van der Waals surface area contributed by atoms with Gasteiger partial charge in [-0.05, 0) is 45.0 Å². The van der Waals surface area contributed by atoms with Gasteiger partial charge in [-0.3, -0.25) is 0 Å². The third kappa shape index (κ3) is 2.85. The van der Waals surface area contributed by atoms with Crippen LogP contribution < -0.4 is 14.4 Å². The third-order valence-corrected chi connectivity index (χ3v) is 4.52. The van der Waals surface area contributed by atoms with E-state index in [0.29, 0.717) is 6.79 Å². The Morgan fingerprint density at radius 3 is 2.95 bits per heavy atom. The summed E-state index contributed by atoms with van der Waals surface area (Å²) in [5.41, 5.74) is 1.20. The summed E-state index contributed by atoms with van der Waals surface area (Å²) in [7, 11) is 4.41. The van der Waals surface area contributed by atoms with E-state index in [1.807, 2.05) is 6.07 Å². The molecule has 0 radical (unpaired) electrons. The lowest BCUT2D eigenvalue weighted by atomic mass is 10.00. The first-order valence-corrected chi connectivity index (χ1v) is 7.55. The number of benzene rings is 1. The molecule has 2 aliphatic rings. The predicted octanol–water partition coefficient (Wildman–Crippen LogP) is 2.73. The van der Waals surface area contributed by atoms with Gasteiger partial charge < -0.3 is 19.3 Å².